The maximum absolute atomic E-state index is 11.8. The highest BCUT2D eigenvalue weighted by Gasteiger charge is 2.07. The van der Waals surface area contributed by atoms with Crippen LogP contribution in [0.15, 0.2) is 24.3 Å². The Morgan fingerprint density at radius 2 is 1.86 bits per heavy atom. The molecule has 1 unspecified atom stereocenters. The molecule has 116 valence electrons. The van der Waals surface area contributed by atoms with Gasteiger partial charge in [0.05, 0.1) is 6.42 Å². The third-order valence-electron chi connectivity index (χ3n) is 3.36. The van der Waals surface area contributed by atoms with E-state index in [-0.39, 0.29) is 11.8 Å². The number of nitrogens with two attached hydrogens (primary N) is 1. The van der Waals surface area contributed by atoms with Crippen molar-refractivity contribution in [3.8, 4) is 0 Å². The van der Waals surface area contributed by atoms with E-state index >= 15 is 0 Å². The smallest absolute Gasteiger partial charge is 0.226 e. The number of nitrogens with one attached hydrogen (secondary N) is 1. The van der Waals surface area contributed by atoms with Gasteiger partial charge in [0.1, 0.15) is 0 Å². The Kier molecular flexibility index (Phi) is 6.88. The normalized spacial score (nSPS) is 11.8. The third kappa shape index (κ3) is 6.40. The van der Waals surface area contributed by atoms with Crippen LogP contribution in [0.4, 0.5) is 5.69 Å². The van der Waals surface area contributed by atoms with Crippen LogP contribution in [0.2, 0.25) is 0 Å². The molecule has 0 aromatic heterocycles. The van der Waals surface area contributed by atoms with Crippen molar-refractivity contribution in [2.24, 2.45) is 11.7 Å². The van der Waals surface area contributed by atoms with Crippen molar-refractivity contribution < 1.29 is 9.59 Å². The highest BCUT2D eigenvalue weighted by atomic mass is 16.2. The first-order valence-electron chi connectivity index (χ1n) is 7.21. The van der Waals surface area contributed by atoms with Crippen molar-refractivity contribution in [3.63, 3.8) is 0 Å². The second-order valence-electron chi connectivity index (χ2n) is 5.59. The van der Waals surface area contributed by atoms with Crippen LogP contribution in [-0.2, 0) is 16.0 Å². The summed E-state index contributed by atoms with van der Waals surface area (Å²) in [7, 11) is 3.47. The second kappa shape index (κ2) is 8.42. The Morgan fingerprint density at radius 1 is 1.24 bits per heavy atom. The summed E-state index contributed by atoms with van der Waals surface area (Å²) in [6, 6.07) is 7.37. The van der Waals surface area contributed by atoms with Crippen LogP contribution in [0.3, 0.4) is 0 Å². The number of likely N-dealkylation sites (N-methyl/N-ethyl adjacent to an activating group) is 1. The molecule has 0 heterocycles. The molecular formula is C16H25N3O2. The summed E-state index contributed by atoms with van der Waals surface area (Å²) in [4.78, 5) is 24.9. The first kappa shape index (κ1) is 17.2. The summed E-state index contributed by atoms with van der Waals surface area (Å²) >= 11 is 0. The van der Waals surface area contributed by atoms with Crippen molar-refractivity contribution >= 4 is 17.5 Å². The fourth-order valence-corrected chi connectivity index (χ4v) is 1.76. The van der Waals surface area contributed by atoms with Crippen LogP contribution in [-0.4, -0.2) is 37.4 Å². The number of rotatable bonds is 7. The zero-order valence-electron chi connectivity index (χ0n) is 13.1. The summed E-state index contributed by atoms with van der Waals surface area (Å²) in [5.74, 6) is 0.408. The largest absolute Gasteiger partial charge is 0.349 e. The molecule has 5 heteroatoms. The lowest BCUT2D eigenvalue weighted by Crippen LogP contribution is -2.23. The molecule has 0 bridgehead atoms. The van der Waals surface area contributed by atoms with Crippen molar-refractivity contribution in [1.82, 2.24) is 4.90 Å². The van der Waals surface area contributed by atoms with Crippen LogP contribution in [0, 0.1) is 5.92 Å². The van der Waals surface area contributed by atoms with Gasteiger partial charge < -0.3 is 16.0 Å². The van der Waals surface area contributed by atoms with E-state index in [9.17, 15) is 9.59 Å². The molecule has 0 aliphatic rings. The van der Waals surface area contributed by atoms with Gasteiger partial charge in [-0.15, -0.1) is 0 Å². The average Bonchev–Trinajstić information content (AvgIpc) is 2.46. The molecule has 0 saturated carbocycles. The zero-order valence-corrected chi connectivity index (χ0v) is 13.1. The number of hydrogen-bond donors (Lipinski definition) is 2. The Labute approximate surface area is 126 Å². The van der Waals surface area contributed by atoms with Crippen LogP contribution in [0.5, 0.6) is 0 Å². The Bertz CT molecular complexity index is 469. The Balaban J connectivity index is 2.47. The van der Waals surface area contributed by atoms with Crippen molar-refractivity contribution in [2.75, 3.05) is 26.0 Å². The predicted octanol–water partition coefficient (Wildman–Crippen LogP) is 1.63. The lowest BCUT2D eigenvalue weighted by atomic mass is 10.1. The molecule has 2 amide bonds. The third-order valence-corrected chi connectivity index (χ3v) is 3.36. The van der Waals surface area contributed by atoms with Crippen LogP contribution in [0.25, 0.3) is 0 Å². The number of amides is 2. The summed E-state index contributed by atoms with van der Waals surface area (Å²) in [5.41, 5.74) is 7.21. The number of benzene rings is 1. The molecule has 0 aliphatic heterocycles. The van der Waals surface area contributed by atoms with Gasteiger partial charge in [-0.25, -0.2) is 0 Å². The van der Waals surface area contributed by atoms with E-state index in [1.165, 1.54) is 0 Å². The minimum absolute atomic E-state index is 0.00702. The van der Waals surface area contributed by atoms with E-state index in [0.717, 1.165) is 17.7 Å². The van der Waals surface area contributed by atoms with Crippen molar-refractivity contribution in [3.05, 3.63) is 29.8 Å². The second-order valence-corrected chi connectivity index (χ2v) is 5.59. The highest BCUT2D eigenvalue weighted by molar-refractivity contribution is 5.90. The monoisotopic (exact) mass is 291 g/mol. The molecule has 5 nitrogen and oxygen atoms in total. The molecule has 0 saturated heterocycles. The Morgan fingerprint density at radius 3 is 2.38 bits per heavy atom. The van der Waals surface area contributed by atoms with Crippen molar-refractivity contribution in [2.45, 2.75) is 26.2 Å². The van der Waals surface area contributed by atoms with E-state index < -0.39 is 0 Å². The lowest BCUT2D eigenvalue weighted by Gasteiger charge is -2.11. The summed E-state index contributed by atoms with van der Waals surface area (Å²) in [5, 5.41) is 2.85. The molecule has 0 spiro atoms. The number of carbonyl (C=O) groups is 2. The topological polar surface area (TPSA) is 75.4 Å². The van der Waals surface area contributed by atoms with Crippen LogP contribution >= 0.6 is 0 Å². The van der Waals surface area contributed by atoms with Crippen molar-refractivity contribution in [1.29, 1.82) is 0 Å². The Hall–Kier alpha value is -1.88. The number of anilines is 1. The SMILES string of the molecule is CC(CN)CCC(=O)Nc1ccc(CC(=O)N(C)C)cc1. The van der Waals surface area contributed by atoms with Gasteiger partial charge in [-0.1, -0.05) is 19.1 Å². The van der Waals surface area contributed by atoms with Gasteiger partial charge in [0.25, 0.3) is 0 Å². The van der Waals surface area contributed by atoms with E-state index in [1.807, 2.05) is 31.2 Å². The van der Waals surface area contributed by atoms with E-state index in [2.05, 4.69) is 5.32 Å². The summed E-state index contributed by atoms with van der Waals surface area (Å²) < 4.78 is 0. The minimum atomic E-state index is -0.00702. The van der Waals surface area contributed by atoms with Crippen LogP contribution < -0.4 is 11.1 Å². The fourth-order valence-electron chi connectivity index (χ4n) is 1.76. The quantitative estimate of drug-likeness (QED) is 0.801. The molecule has 1 aromatic carbocycles. The molecule has 21 heavy (non-hydrogen) atoms. The van der Waals surface area contributed by atoms with Gasteiger partial charge in [-0.2, -0.15) is 0 Å². The molecule has 1 aromatic rings. The molecule has 3 N–H and O–H groups in total. The first-order chi connectivity index (χ1) is 9.92. The van der Waals surface area contributed by atoms with Gasteiger partial charge in [0.2, 0.25) is 11.8 Å². The van der Waals surface area contributed by atoms with Crippen LogP contribution in [0.1, 0.15) is 25.3 Å². The number of hydrogen-bond acceptors (Lipinski definition) is 3. The molecule has 1 atom stereocenters. The molecule has 0 radical (unpaired) electrons. The molecular weight excluding hydrogens is 266 g/mol. The lowest BCUT2D eigenvalue weighted by molar-refractivity contribution is -0.128. The summed E-state index contributed by atoms with van der Waals surface area (Å²) in [6.45, 7) is 2.63. The first-order valence-corrected chi connectivity index (χ1v) is 7.21. The number of carbonyl (C=O) groups excluding carboxylic acids is 2. The van der Waals surface area contributed by atoms with Gasteiger partial charge in [-0.3, -0.25) is 9.59 Å². The fraction of sp³-hybridized carbons (Fsp3) is 0.500. The minimum Gasteiger partial charge on any atom is -0.349 e. The van der Waals surface area contributed by atoms with E-state index in [1.54, 1.807) is 19.0 Å². The standard InChI is InChI=1S/C16H25N3O2/c1-12(11-17)4-9-15(20)18-14-7-5-13(6-8-14)10-16(21)19(2)3/h5-8,12H,4,9-11,17H2,1-3H3,(H,18,20). The summed E-state index contributed by atoms with van der Waals surface area (Å²) in [6.07, 6.45) is 1.63. The van der Waals surface area contributed by atoms with Gasteiger partial charge in [0, 0.05) is 26.2 Å². The highest BCUT2D eigenvalue weighted by Crippen LogP contribution is 2.12. The number of nitrogens with zero attached hydrogens (tertiary/aromatic N) is 1. The zero-order chi connectivity index (χ0) is 15.8. The molecule has 1 rings (SSSR count). The predicted molar refractivity (Wildman–Crippen MR) is 84.9 cm³/mol. The average molecular weight is 291 g/mol. The molecule has 0 aliphatic carbocycles. The van der Waals surface area contributed by atoms with E-state index in [0.29, 0.717) is 25.3 Å². The van der Waals surface area contributed by atoms with E-state index in [4.69, 9.17) is 5.73 Å². The van der Waals surface area contributed by atoms with Gasteiger partial charge in [0.15, 0.2) is 0 Å². The van der Waals surface area contributed by atoms with Gasteiger partial charge >= 0.3 is 0 Å². The molecule has 0 fully saturated rings. The maximum atomic E-state index is 11.8. The maximum Gasteiger partial charge on any atom is 0.226 e. The van der Waals surface area contributed by atoms with Gasteiger partial charge in [-0.05, 0) is 36.6 Å².